The van der Waals surface area contributed by atoms with Gasteiger partial charge < -0.3 is 15.2 Å². The number of benzene rings is 1. The second kappa shape index (κ2) is 3.86. The number of para-hydroxylation sites is 1. The molecule has 0 aromatic heterocycles. The molecule has 1 aromatic carbocycles. The van der Waals surface area contributed by atoms with Gasteiger partial charge in [-0.25, -0.2) is 0 Å². The molecule has 1 aromatic rings. The molecule has 88 valence electrons. The Hall–Kier alpha value is -1.43. The first-order valence-electron chi connectivity index (χ1n) is 4.74. The summed E-state index contributed by atoms with van der Waals surface area (Å²) >= 11 is 0. The Morgan fingerprint density at radius 3 is 2.81 bits per heavy atom. The van der Waals surface area contributed by atoms with Crippen LogP contribution in [0.2, 0.25) is 0 Å². The maximum Gasteiger partial charge on any atom is 0.573 e. The Kier molecular flexibility index (Phi) is 2.67. The normalized spacial score (nSPS) is 19.9. The smallest absolute Gasteiger partial charge is 0.489 e. The van der Waals surface area contributed by atoms with Crippen LogP contribution in [0.5, 0.6) is 11.5 Å². The van der Waals surface area contributed by atoms with Crippen molar-refractivity contribution in [3.63, 3.8) is 0 Å². The summed E-state index contributed by atoms with van der Waals surface area (Å²) in [7, 11) is 0. The van der Waals surface area contributed by atoms with Gasteiger partial charge in [0.25, 0.3) is 0 Å². The van der Waals surface area contributed by atoms with Gasteiger partial charge in [-0.3, -0.25) is 0 Å². The Labute approximate surface area is 89.9 Å². The maximum absolute atomic E-state index is 12.1. The van der Waals surface area contributed by atoms with Gasteiger partial charge in [0.15, 0.2) is 11.5 Å². The van der Waals surface area contributed by atoms with Crippen molar-refractivity contribution in [1.82, 2.24) is 0 Å². The Balaban J connectivity index is 2.36. The van der Waals surface area contributed by atoms with E-state index in [-0.39, 0.29) is 17.5 Å². The van der Waals surface area contributed by atoms with E-state index in [9.17, 15) is 13.2 Å². The molecule has 16 heavy (non-hydrogen) atoms. The topological polar surface area (TPSA) is 44.5 Å². The molecule has 1 aliphatic rings. The minimum atomic E-state index is -4.72. The molecule has 0 radical (unpaired) electrons. The van der Waals surface area contributed by atoms with Crippen LogP contribution in [0.4, 0.5) is 13.2 Å². The summed E-state index contributed by atoms with van der Waals surface area (Å²) in [6.45, 7) is 0.298. The lowest BCUT2D eigenvalue weighted by molar-refractivity contribution is -0.275. The lowest BCUT2D eigenvalue weighted by Gasteiger charge is -2.25. The Morgan fingerprint density at radius 2 is 2.12 bits per heavy atom. The number of halogens is 3. The molecule has 1 unspecified atom stereocenters. The summed E-state index contributed by atoms with van der Waals surface area (Å²) < 4.78 is 45.3. The van der Waals surface area contributed by atoms with Crippen molar-refractivity contribution in [2.75, 3.05) is 6.61 Å². The first kappa shape index (κ1) is 11.1. The lowest BCUT2D eigenvalue weighted by atomic mass is 10.0. The highest BCUT2D eigenvalue weighted by Crippen LogP contribution is 2.40. The first-order chi connectivity index (χ1) is 7.47. The molecule has 0 fully saturated rings. The molecule has 2 N–H and O–H groups in total. The summed E-state index contributed by atoms with van der Waals surface area (Å²) in [6.07, 6.45) is -4.14. The van der Waals surface area contributed by atoms with E-state index < -0.39 is 6.36 Å². The molecule has 1 atom stereocenters. The number of ether oxygens (including phenoxy) is 2. The highest BCUT2D eigenvalue weighted by molar-refractivity contribution is 5.49. The zero-order valence-electron chi connectivity index (χ0n) is 8.25. The van der Waals surface area contributed by atoms with Crippen LogP contribution in [0.15, 0.2) is 18.2 Å². The third-order valence-corrected chi connectivity index (χ3v) is 2.31. The molecule has 0 saturated heterocycles. The van der Waals surface area contributed by atoms with E-state index >= 15 is 0 Å². The number of nitrogens with two attached hydrogens (primary N) is 1. The third kappa shape index (κ3) is 2.21. The highest BCUT2D eigenvalue weighted by atomic mass is 19.4. The predicted octanol–water partition coefficient (Wildman–Crippen LogP) is 2.37. The monoisotopic (exact) mass is 233 g/mol. The standard InChI is InChI=1S/C10H10F3NO2/c11-10(12,13)16-8-3-1-2-6-7(14)4-5-15-9(6)8/h1-3,7H,4-5,14H2. The molecule has 2 rings (SSSR count). The van der Waals surface area contributed by atoms with Gasteiger partial charge >= 0.3 is 6.36 Å². The van der Waals surface area contributed by atoms with E-state index in [1.165, 1.54) is 12.1 Å². The largest absolute Gasteiger partial charge is 0.573 e. The molecule has 0 bridgehead atoms. The van der Waals surface area contributed by atoms with Crippen LogP contribution in [0.1, 0.15) is 18.0 Å². The van der Waals surface area contributed by atoms with Crippen LogP contribution >= 0.6 is 0 Å². The van der Waals surface area contributed by atoms with Crippen molar-refractivity contribution < 1.29 is 22.6 Å². The van der Waals surface area contributed by atoms with Gasteiger partial charge in [0, 0.05) is 18.0 Å². The Morgan fingerprint density at radius 1 is 1.38 bits per heavy atom. The molecule has 0 amide bonds. The zero-order valence-corrected chi connectivity index (χ0v) is 8.25. The van der Waals surface area contributed by atoms with Gasteiger partial charge in [0.2, 0.25) is 0 Å². The fourth-order valence-corrected chi connectivity index (χ4v) is 1.63. The zero-order chi connectivity index (χ0) is 11.8. The summed E-state index contributed by atoms with van der Waals surface area (Å²) in [4.78, 5) is 0. The van der Waals surface area contributed by atoms with Crippen LogP contribution in [0.3, 0.4) is 0 Å². The second-order valence-electron chi connectivity index (χ2n) is 3.47. The van der Waals surface area contributed by atoms with Gasteiger partial charge in [-0.1, -0.05) is 12.1 Å². The number of rotatable bonds is 1. The third-order valence-electron chi connectivity index (χ3n) is 2.31. The molecule has 3 nitrogen and oxygen atoms in total. The van der Waals surface area contributed by atoms with E-state index in [4.69, 9.17) is 10.5 Å². The van der Waals surface area contributed by atoms with Crippen LogP contribution < -0.4 is 15.2 Å². The molecule has 1 heterocycles. The van der Waals surface area contributed by atoms with Crippen LogP contribution in [0, 0.1) is 0 Å². The first-order valence-corrected chi connectivity index (χ1v) is 4.74. The minimum Gasteiger partial charge on any atom is -0.489 e. The van der Waals surface area contributed by atoms with E-state index in [1.807, 2.05) is 0 Å². The summed E-state index contributed by atoms with van der Waals surface area (Å²) in [5.74, 6) is -0.237. The van der Waals surface area contributed by atoms with Crippen molar-refractivity contribution in [2.24, 2.45) is 5.73 Å². The molecule has 0 aliphatic carbocycles. The molecule has 0 saturated carbocycles. The van der Waals surface area contributed by atoms with E-state index in [0.717, 1.165) is 0 Å². The number of fused-ring (bicyclic) bond motifs is 1. The average molecular weight is 233 g/mol. The molecular weight excluding hydrogens is 223 g/mol. The van der Waals surface area contributed by atoms with E-state index in [0.29, 0.717) is 18.6 Å². The second-order valence-corrected chi connectivity index (χ2v) is 3.47. The van der Waals surface area contributed by atoms with Gasteiger partial charge in [-0.2, -0.15) is 0 Å². The van der Waals surface area contributed by atoms with Crippen LogP contribution in [0.25, 0.3) is 0 Å². The van der Waals surface area contributed by atoms with Crippen molar-refractivity contribution in [1.29, 1.82) is 0 Å². The molecule has 1 aliphatic heterocycles. The summed E-state index contributed by atoms with van der Waals surface area (Å²) in [5.41, 5.74) is 6.31. The van der Waals surface area contributed by atoms with Crippen LogP contribution in [-0.4, -0.2) is 13.0 Å². The number of alkyl halides is 3. The fourth-order valence-electron chi connectivity index (χ4n) is 1.63. The van der Waals surface area contributed by atoms with E-state index in [2.05, 4.69) is 4.74 Å². The Bertz CT molecular complexity index is 392. The summed E-state index contributed by atoms with van der Waals surface area (Å²) in [5, 5.41) is 0. The lowest BCUT2D eigenvalue weighted by Crippen LogP contribution is -2.23. The quantitative estimate of drug-likeness (QED) is 0.809. The predicted molar refractivity (Wildman–Crippen MR) is 50.2 cm³/mol. The van der Waals surface area contributed by atoms with Gasteiger partial charge in [-0.05, 0) is 6.07 Å². The highest BCUT2D eigenvalue weighted by Gasteiger charge is 2.34. The van der Waals surface area contributed by atoms with Crippen molar-refractivity contribution in [2.45, 2.75) is 18.8 Å². The average Bonchev–Trinajstić information content (AvgIpc) is 2.17. The minimum absolute atomic E-state index is 0.0959. The van der Waals surface area contributed by atoms with Crippen molar-refractivity contribution in [3.05, 3.63) is 23.8 Å². The number of hydrogen-bond donors (Lipinski definition) is 1. The maximum atomic E-state index is 12.1. The molecule has 6 heteroatoms. The SMILES string of the molecule is NC1CCOc2c(OC(F)(F)F)cccc21. The fraction of sp³-hybridized carbons (Fsp3) is 0.400. The van der Waals surface area contributed by atoms with Crippen molar-refractivity contribution >= 4 is 0 Å². The van der Waals surface area contributed by atoms with Crippen molar-refractivity contribution in [3.8, 4) is 11.5 Å². The van der Waals surface area contributed by atoms with Gasteiger partial charge in [0.05, 0.1) is 6.61 Å². The number of hydrogen-bond acceptors (Lipinski definition) is 3. The molecule has 0 spiro atoms. The van der Waals surface area contributed by atoms with Gasteiger partial charge in [-0.15, -0.1) is 13.2 Å². The summed E-state index contributed by atoms with van der Waals surface area (Å²) in [6, 6.07) is 4.02. The molecular formula is C10H10F3NO2. The van der Waals surface area contributed by atoms with E-state index in [1.54, 1.807) is 6.07 Å². The van der Waals surface area contributed by atoms with Gasteiger partial charge in [0.1, 0.15) is 0 Å². The van der Waals surface area contributed by atoms with Crippen LogP contribution in [-0.2, 0) is 0 Å².